The lowest BCUT2D eigenvalue weighted by atomic mass is 10.1. The van der Waals surface area contributed by atoms with Crippen molar-refractivity contribution >= 4 is 55.2 Å². The second-order valence-corrected chi connectivity index (χ2v) is 8.99. The summed E-state index contributed by atoms with van der Waals surface area (Å²) in [6.45, 7) is 11.9. The zero-order valence-corrected chi connectivity index (χ0v) is 19.8. The minimum absolute atomic E-state index is 0.0191. The van der Waals surface area contributed by atoms with Gasteiger partial charge in [0, 0.05) is 16.7 Å². The van der Waals surface area contributed by atoms with Crippen LogP contribution in [0.3, 0.4) is 0 Å². The average molecular weight is 507 g/mol. The molecule has 0 saturated heterocycles. The van der Waals surface area contributed by atoms with Crippen LogP contribution in [0.25, 0.3) is 10.2 Å². The predicted octanol–water partition coefficient (Wildman–Crippen LogP) is 5.51. The fourth-order valence-electron chi connectivity index (χ4n) is 3.18. The van der Waals surface area contributed by atoms with Crippen LogP contribution in [0.5, 0.6) is 0 Å². The summed E-state index contributed by atoms with van der Waals surface area (Å²) >= 11 is 3.83. The van der Waals surface area contributed by atoms with Crippen LogP contribution in [0, 0.1) is 17.4 Å². The molecule has 0 saturated carbocycles. The SMILES string of the molecule is CCN(CC)CCN(C(=O)c1ccccc1I)c1nc2c(C)c(C)ccc2s1. The molecule has 0 radical (unpaired) electrons. The molecule has 0 unspecified atom stereocenters. The van der Waals surface area contributed by atoms with Crippen molar-refractivity contribution in [2.45, 2.75) is 27.7 Å². The third kappa shape index (κ3) is 4.39. The van der Waals surface area contributed by atoms with E-state index in [1.165, 1.54) is 11.1 Å². The first kappa shape index (κ1) is 21.2. The molecule has 3 rings (SSSR count). The average Bonchev–Trinajstić information content (AvgIpc) is 3.13. The highest BCUT2D eigenvalue weighted by atomic mass is 127. The highest BCUT2D eigenvalue weighted by molar-refractivity contribution is 14.1. The van der Waals surface area contributed by atoms with Gasteiger partial charge in [0.15, 0.2) is 5.13 Å². The van der Waals surface area contributed by atoms with Gasteiger partial charge in [0.2, 0.25) is 0 Å². The van der Waals surface area contributed by atoms with E-state index in [9.17, 15) is 4.79 Å². The number of fused-ring (bicyclic) bond motifs is 1. The summed E-state index contributed by atoms with van der Waals surface area (Å²) < 4.78 is 2.09. The van der Waals surface area contributed by atoms with E-state index in [1.807, 2.05) is 29.2 Å². The molecule has 0 atom stereocenters. The summed E-state index contributed by atoms with van der Waals surface area (Å²) in [6, 6.07) is 12.0. The maximum Gasteiger partial charge on any atom is 0.261 e. The smallest absolute Gasteiger partial charge is 0.261 e. The second-order valence-electron chi connectivity index (χ2n) is 6.81. The van der Waals surface area contributed by atoms with Gasteiger partial charge in [0.05, 0.1) is 15.8 Å². The Bertz CT molecular complexity index is 981. The minimum Gasteiger partial charge on any atom is -0.302 e. The lowest BCUT2D eigenvalue weighted by Gasteiger charge is -2.25. The summed E-state index contributed by atoms with van der Waals surface area (Å²) in [4.78, 5) is 22.5. The van der Waals surface area contributed by atoms with Crippen molar-refractivity contribution in [1.29, 1.82) is 0 Å². The molecule has 1 heterocycles. The Morgan fingerprint density at radius 2 is 1.79 bits per heavy atom. The third-order valence-electron chi connectivity index (χ3n) is 5.19. The monoisotopic (exact) mass is 507 g/mol. The van der Waals surface area contributed by atoms with Gasteiger partial charge in [0.1, 0.15) is 0 Å². The van der Waals surface area contributed by atoms with Crippen molar-refractivity contribution in [2.24, 2.45) is 0 Å². The van der Waals surface area contributed by atoms with Gasteiger partial charge in [-0.2, -0.15) is 0 Å². The number of aryl methyl sites for hydroxylation is 2. The molecule has 0 aliphatic carbocycles. The molecule has 0 fully saturated rings. The molecule has 2 aromatic carbocycles. The van der Waals surface area contributed by atoms with Crippen LogP contribution in [0.15, 0.2) is 36.4 Å². The van der Waals surface area contributed by atoms with Crippen molar-refractivity contribution in [1.82, 2.24) is 9.88 Å². The van der Waals surface area contributed by atoms with Crippen molar-refractivity contribution in [3.8, 4) is 0 Å². The highest BCUT2D eigenvalue weighted by Gasteiger charge is 2.23. The number of hydrogen-bond acceptors (Lipinski definition) is 4. The number of hydrogen-bond donors (Lipinski definition) is 0. The van der Waals surface area contributed by atoms with Crippen molar-refractivity contribution < 1.29 is 4.79 Å². The Labute approximate surface area is 184 Å². The van der Waals surface area contributed by atoms with Crippen LogP contribution < -0.4 is 4.90 Å². The fourth-order valence-corrected chi connectivity index (χ4v) is 4.84. The summed E-state index contributed by atoms with van der Waals surface area (Å²) in [5.74, 6) is 0.0191. The molecule has 0 spiro atoms. The fraction of sp³-hybridized carbons (Fsp3) is 0.364. The molecule has 6 heteroatoms. The predicted molar refractivity (Wildman–Crippen MR) is 128 cm³/mol. The number of likely N-dealkylation sites (N-methyl/N-ethyl adjacent to an activating group) is 1. The molecule has 28 heavy (non-hydrogen) atoms. The number of anilines is 1. The number of carbonyl (C=O) groups excluding carboxylic acids is 1. The molecular weight excluding hydrogens is 481 g/mol. The van der Waals surface area contributed by atoms with E-state index < -0.39 is 0 Å². The minimum atomic E-state index is 0.0191. The molecule has 0 N–H and O–H groups in total. The molecule has 0 aliphatic heterocycles. The van der Waals surface area contributed by atoms with Crippen LogP contribution in [-0.2, 0) is 0 Å². The van der Waals surface area contributed by atoms with Gasteiger partial charge in [-0.05, 0) is 78.9 Å². The van der Waals surface area contributed by atoms with Crippen LogP contribution in [-0.4, -0.2) is 42.0 Å². The highest BCUT2D eigenvalue weighted by Crippen LogP contribution is 2.33. The van der Waals surface area contributed by atoms with Crippen LogP contribution in [0.2, 0.25) is 0 Å². The topological polar surface area (TPSA) is 36.4 Å². The van der Waals surface area contributed by atoms with E-state index in [1.54, 1.807) is 11.3 Å². The van der Waals surface area contributed by atoms with E-state index in [0.717, 1.165) is 44.1 Å². The number of thiazole rings is 1. The lowest BCUT2D eigenvalue weighted by Crippen LogP contribution is -2.39. The Morgan fingerprint density at radius 1 is 1.07 bits per heavy atom. The zero-order chi connectivity index (χ0) is 20.3. The summed E-state index contributed by atoms with van der Waals surface area (Å²) in [5, 5.41) is 0.778. The van der Waals surface area contributed by atoms with Gasteiger partial charge >= 0.3 is 0 Å². The molecule has 4 nitrogen and oxygen atoms in total. The second kappa shape index (κ2) is 9.33. The zero-order valence-electron chi connectivity index (χ0n) is 16.8. The number of rotatable bonds is 7. The van der Waals surface area contributed by atoms with Crippen LogP contribution in [0.1, 0.15) is 35.3 Å². The largest absolute Gasteiger partial charge is 0.302 e. The van der Waals surface area contributed by atoms with E-state index >= 15 is 0 Å². The van der Waals surface area contributed by atoms with E-state index in [-0.39, 0.29) is 5.91 Å². The number of halogens is 1. The molecule has 1 amide bonds. The van der Waals surface area contributed by atoms with Gasteiger partial charge in [-0.3, -0.25) is 9.69 Å². The molecule has 3 aromatic rings. The first-order valence-corrected chi connectivity index (χ1v) is 11.5. The van der Waals surface area contributed by atoms with Gasteiger partial charge in [-0.1, -0.05) is 43.4 Å². The number of nitrogens with zero attached hydrogens (tertiary/aromatic N) is 3. The van der Waals surface area contributed by atoms with E-state index in [4.69, 9.17) is 4.98 Å². The first-order valence-electron chi connectivity index (χ1n) is 9.61. The number of carbonyl (C=O) groups is 1. The maximum atomic E-state index is 13.5. The summed E-state index contributed by atoms with van der Waals surface area (Å²) in [6.07, 6.45) is 0. The molecular formula is C22H26IN3OS. The van der Waals surface area contributed by atoms with Gasteiger partial charge < -0.3 is 4.90 Å². The van der Waals surface area contributed by atoms with Gasteiger partial charge in [-0.25, -0.2) is 4.98 Å². The number of aromatic nitrogens is 1. The maximum absolute atomic E-state index is 13.5. The van der Waals surface area contributed by atoms with Gasteiger partial charge in [0.25, 0.3) is 5.91 Å². The standard InChI is InChI=1S/C22H26IN3OS/c1-5-25(6-2)13-14-26(21(27)17-9-7-8-10-18(17)23)22-24-20-16(4)15(3)11-12-19(20)28-22/h7-12H,5-6,13-14H2,1-4H3. The third-order valence-corrected chi connectivity index (χ3v) is 7.17. The summed E-state index contributed by atoms with van der Waals surface area (Å²) in [7, 11) is 0. The lowest BCUT2D eigenvalue weighted by molar-refractivity contribution is 0.0983. The number of amides is 1. The van der Waals surface area contributed by atoms with Crippen molar-refractivity contribution in [3.63, 3.8) is 0 Å². The van der Waals surface area contributed by atoms with Gasteiger partial charge in [-0.15, -0.1) is 0 Å². The Hall–Kier alpha value is -1.51. The van der Waals surface area contributed by atoms with Crippen molar-refractivity contribution in [2.75, 3.05) is 31.1 Å². The van der Waals surface area contributed by atoms with E-state index in [2.05, 4.69) is 67.3 Å². The molecule has 148 valence electrons. The summed E-state index contributed by atoms with van der Waals surface area (Å²) in [5.41, 5.74) is 4.15. The molecule has 0 aliphatic rings. The Kier molecular flexibility index (Phi) is 7.06. The Morgan fingerprint density at radius 3 is 2.46 bits per heavy atom. The molecule has 1 aromatic heterocycles. The molecule has 0 bridgehead atoms. The van der Waals surface area contributed by atoms with Crippen molar-refractivity contribution in [3.05, 3.63) is 56.7 Å². The first-order chi connectivity index (χ1) is 13.5. The normalized spacial score (nSPS) is 11.4. The number of benzene rings is 2. The van der Waals surface area contributed by atoms with Crippen LogP contribution in [0.4, 0.5) is 5.13 Å². The Balaban J connectivity index is 2.02. The quantitative estimate of drug-likeness (QED) is 0.396. The van der Waals surface area contributed by atoms with Crippen LogP contribution >= 0.6 is 33.9 Å². The van der Waals surface area contributed by atoms with E-state index in [0.29, 0.717) is 6.54 Å².